The fraction of sp³-hybridized carbons (Fsp3) is 0.462. The molecule has 0 saturated heterocycles. The lowest BCUT2D eigenvalue weighted by molar-refractivity contribution is -0.124. The molecule has 0 unspecified atom stereocenters. The van der Waals surface area contributed by atoms with Gasteiger partial charge in [-0.2, -0.15) is 0 Å². The Morgan fingerprint density at radius 1 is 1.12 bits per heavy atom. The molecule has 2 rings (SSSR count). The summed E-state index contributed by atoms with van der Waals surface area (Å²) in [6.45, 7) is 0. The first kappa shape index (κ1) is 11.1. The molecule has 1 fully saturated rings. The van der Waals surface area contributed by atoms with Crippen molar-refractivity contribution >= 4 is 5.91 Å². The van der Waals surface area contributed by atoms with Gasteiger partial charge in [0.25, 0.3) is 0 Å². The van der Waals surface area contributed by atoms with E-state index in [1.165, 1.54) is 12.1 Å². The smallest absolute Gasteiger partial charge is 0.228 e. The number of hydrogen-bond acceptors (Lipinski definition) is 1. The van der Waals surface area contributed by atoms with E-state index in [2.05, 4.69) is 0 Å². The third-order valence-corrected chi connectivity index (χ3v) is 3.58. The Morgan fingerprint density at radius 2 is 1.69 bits per heavy atom. The number of amides is 1. The number of benzene rings is 1. The third-order valence-electron chi connectivity index (χ3n) is 3.58. The van der Waals surface area contributed by atoms with Gasteiger partial charge < -0.3 is 5.73 Å². The number of carbonyl (C=O) groups is 1. The van der Waals surface area contributed by atoms with Crippen LogP contribution in [0.1, 0.15) is 37.7 Å². The number of hydrogen-bond donors (Lipinski definition) is 1. The van der Waals surface area contributed by atoms with E-state index in [4.69, 9.17) is 5.73 Å². The number of halogens is 1. The first-order valence-corrected chi connectivity index (χ1v) is 5.71. The number of carbonyl (C=O) groups excluding carboxylic acids is 1. The number of nitrogens with two attached hydrogens (primary N) is 1. The van der Waals surface area contributed by atoms with Crippen LogP contribution in [-0.2, 0) is 10.2 Å². The largest absolute Gasteiger partial charge is 0.369 e. The summed E-state index contributed by atoms with van der Waals surface area (Å²) < 4.78 is 12.9. The highest BCUT2D eigenvalue weighted by atomic mass is 19.1. The van der Waals surface area contributed by atoms with Crippen LogP contribution in [0.4, 0.5) is 4.39 Å². The fourth-order valence-corrected chi connectivity index (χ4v) is 2.60. The quantitative estimate of drug-likeness (QED) is 0.819. The van der Waals surface area contributed by atoms with Gasteiger partial charge in [-0.25, -0.2) is 4.39 Å². The van der Waals surface area contributed by atoms with Crippen molar-refractivity contribution in [2.45, 2.75) is 37.5 Å². The van der Waals surface area contributed by atoms with Crippen LogP contribution in [0.2, 0.25) is 0 Å². The molecule has 0 aromatic heterocycles. The van der Waals surface area contributed by atoms with Gasteiger partial charge in [-0.05, 0) is 30.5 Å². The molecule has 0 heterocycles. The lowest BCUT2D eigenvalue weighted by Crippen LogP contribution is -2.42. The van der Waals surface area contributed by atoms with E-state index in [9.17, 15) is 9.18 Å². The molecule has 1 amide bonds. The second-order valence-electron chi connectivity index (χ2n) is 4.51. The SMILES string of the molecule is NC(=O)C1(c2ccc(F)cc2)CCCCC1. The zero-order valence-electron chi connectivity index (χ0n) is 9.21. The standard InChI is InChI=1S/C13H16FNO/c14-11-6-4-10(5-7-11)13(12(15)16)8-2-1-3-9-13/h4-7H,1-3,8-9H2,(H2,15,16). The van der Waals surface area contributed by atoms with Crippen molar-refractivity contribution in [2.24, 2.45) is 5.73 Å². The minimum Gasteiger partial charge on any atom is -0.369 e. The van der Waals surface area contributed by atoms with Crippen LogP contribution < -0.4 is 5.73 Å². The molecular formula is C13H16FNO. The van der Waals surface area contributed by atoms with Gasteiger partial charge in [0.2, 0.25) is 5.91 Å². The summed E-state index contributed by atoms with van der Waals surface area (Å²) in [7, 11) is 0. The molecule has 0 atom stereocenters. The van der Waals surface area contributed by atoms with E-state index in [0.717, 1.165) is 37.7 Å². The van der Waals surface area contributed by atoms with Crippen molar-refractivity contribution in [3.63, 3.8) is 0 Å². The Labute approximate surface area is 94.6 Å². The first-order valence-electron chi connectivity index (χ1n) is 5.71. The van der Waals surface area contributed by atoms with Crippen LogP contribution in [-0.4, -0.2) is 5.91 Å². The monoisotopic (exact) mass is 221 g/mol. The van der Waals surface area contributed by atoms with Crippen molar-refractivity contribution in [1.82, 2.24) is 0 Å². The molecule has 0 aliphatic heterocycles. The Kier molecular flexibility index (Phi) is 2.95. The lowest BCUT2D eigenvalue weighted by atomic mass is 9.69. The first-order chi connectivity index (χ1) is 7.65. The third kappa shape index (κ3) is 1.82. The Morgan fingerprint density at radius 3 is 2.19 bits per heavy atom. The van der Waals surface area contributed by atoms with E-state index < -0.39 is 5.41 Å². The summed E-state index contributed by atoms with van der Waals surface area (Å²) in [6, 6.07) is 6.17. The second-order valence-corrected chi connectivity index (χ2v) is 4.51. The summed E-state index contributed by atoms with van der Waals surface area (Å²) >= 11 is 0. The highest BCUT2D eigenvalue weighted by Gasteiger charge is 2.39. The van der Waals surface area contributed by atoms with Gasteiger partial charge in [-0.3, -0.25) is 4.79 Å². The van der Waals surface area contributed by atoms with E-state index in [-0.39, 0.29) is 11.7 Å². The molecule has 1 aromatic rings. The van der Waals surface area contributed by atoms with Crippen molar-refractivity contribution < 1.29 is 9.18 Å². The lowest BCUT2D eigenvalue weighted by Gasteiger charge is -2.34. The number of primary amides is 1. The molecule has 1 aliphatic carbocycles. The van der Waals surface area contributed by atoms with E-state index >= 15 is 0 Å². The van der Waals surface area contributed by atoms with Gasteiger partial charge in [0.15, 0.2) is 0 Å². The minimum absolute atomic E-state index is 0.279. The zero-order valence-corrected chi connectivity index (χ0v) is 9.21. The maximum Gasteiger partial charge on any atom is 0.228 e. The molecule has 2 N–H and O–H groups in total. The predicted molar refractivity (Wildman–Crippen MR) is 60.4 cm³/mol. The van der Waals surface area contributed by atoms with E-state index in [1.54, 1.807) is 12.1 Å². The molecule has 86 valence electrons. The minimum atomic E-state index is -0.564. The predicted octanol–water partition coefficient (Wildman–Crippen LogP) is 2.51. The summed E-state index contributed by atoms with van der Waals surface area (Å²) in [5.41, 5.74) is 5.84. The van der Waals surface area contributed by atoms with Crippen molar-refractivity contribution in [3.05, 3.63) is 35.6 Å². The van der Waals surface area contributed by atoms with Gasteiger partial charge in [0.05, 0.1) is 5.41 Å². The van der Waals surface area contributed by atoms with Crippen LogP contribution in [0.5, 0.6) is 0 Å². The highest BCUT2D eigenvalue weighted by molar-refractivity contribution is 5.86. The summed E-state index contributed by atoms with van der Waals surface area (Å²) in [4.78, 5) is 11.7. The van der Waals surface area contributed by atoms with Crippen LogP contribution in [0.15, 0.2) is 24.3 Å². The zero-order chi connectivity index (χ0) is 11.6. The average Bonchev–Trinajstić information content (AvgIpc) is 2.30. The molecule has 1 saturated carbocycles. The maximum absolute atomic E-state index is 12.9. The van der Waals surface area contributed by atoms with Crippen LogP contribution in [0.25, 0.3) is 0 Å². The van der Waals surface area contributed by atoms with Gasteiger partial charge in [0, 0.05) is 0 Å². The molecule has 1 aliphatic rings. The Bertz CT molecular complexity index is 379. The van der Waals surface area contributed by atoms with Gasteiger partial charge in [-0.15, -0.1) is 0 Å². The molecule has 3 heteroatoms. The Hall–Kier alpha value is -1.38. The van der Waals surface area contributed by atoms with Crippen molar-refractivity contribution in [2.75, 3.05) is 0 Å². The summed E-state index contributed by atoms with van der Waals surface area (Å²) in [5.74, 6) is -0.557. The van der Waals surface area contributed by atoms with Crippen molar-refractivity contribution in [1.29, 1.82) is 0 Å². The highest BCUT2D eigenvalue weighted by Crippen LogP contribution is 2.39. The molecular weight excluding hydrogens is 205 g/mol. The topological polar surface area (TPSA) is 43.1 Å². The molecule has 0 spiro atoms. The Balaban J connectivity index is 2.38. The van der Waals surface area contributed by atoms with E-state index in [1.807, 2.05) is 0 Å². The molecule has 16 heavy (non-hydrogen) atoms. The van der Waals surface area contributed by atoms with Gasteiger partial charge >= 0.3 is 0 Å². The maximum atomic E-state index is 12.9. The van der Waals surface area contributed by atoms with Gasteiger partial charge in [-0.1, -0.05) is 31.4 Å². The molecule has 0 bridgehead atoms. The molecule has 2 nitrogen and oxygen atoms in total. The number of rotatable bonds is 2. The van der Waals surface area contributed by atoms with Crippen LogP contribution in [0, 0.1) is 5.82 Å². The van der Waals surface area contributed by atoms with Gasteiger partial charge in [0.1, 0.15) is 5.82 Å². The molecule has 0 radical (unpaired) electrons. The van der Waals surface area contributed by atoms with Crippen LogP contribution in [0.3, 0.4) is 0 Å². The second kappa shape index (κ2) is 4.24. The normalized spacial score (nSPS) is 19.3. The van der Waals surface area contributed by atoms with E-state index in [0.29, 0.717) is 0 Å². The summed E-state index contributed by atoms with van der Waals surface area (Å²) in [5, 5.41) is 0. The molecule has 1 aromatic carbocycles. The van der Waals surface area contributed by atoms with Crippen LogP contribution >= 0.6 is 0 Å². The average molecular weight is 221 g/mol. The van der Waals surface area contributed by atoms with Crippen molar-refractivity contribution in [3.8, 4) is 0 Å². The summed E-state index contributed by atoms with van der Waals surface area (Å²) in [6.07, 6.45) is 4.75. The fourth-order valence-electron chi connectivity index (χ4n) is 2.60.